The highest BCUT2D eigenvalue weighted by atomic mass is 16.5. The minimum Gasteiger partial charge on any atom is -0.498 e. The molecule has 0 spiro atoms. The smallest absolute Gasteiger partial charge is 0.306 e. The Morgan fingerprint density at radius 1 is 1.64 bits per heavy atom. The van der Waals surface area contributed by atoms with Crippen LogP contribution < -0.4 is 0 Å². The molecule has 2 rings (SSSR count). The van der Waals surface area contributed by atoms with Gasteiger partial charge in [0.2, 0.25) is 0 Å². The van der Waals surface area contributed by atoms with Gasteiger partial charge in [-0.25, -0.2) is 0 Å². The number of carbonyl (C=O) groups is 1. The molecule has 3 nitrogen and oxygen atoms in total. The van der Waals surface area contributed by atoms with Gasteiger partial charge in [0.05, 0.1) is 12.2 Å². The maximum Gasteiger partial charge on any atom is 0.306 e. The molecule has 3 heteroatoms. The molecule has 0 aromatic carbocycles. The fourth-order valence-corrected chi connectivity index (χ4v) is 1.59. The summed E-state index contributed by atoms with van der Waals surface area (Å²) in [5, 5.41) is 8.61. The number of ether oxygens (including phenoxy) is 1. The second-order valence-corrected chi connectivity index (χ2v) is 3.13. The Hall–Kier alpha value is -0.990. The molecule has 0 aromatic rings. The highest BCUT2D eigenvalue weighted by Crippen LogP contribution is 2.44. The topological polar surface area (TPSA) is 46.5 Å². The lowest BCUT2D eigenvalue weighted by molar-refractivity contribution is -0.139. The van der Waals surface area contributed by atoms with E-state index in [9.17, 15) is 4.79 Å². The van der Waals surface area contributed by atoms with Gasteiger partial charge in [-0.15, -0.1) is 0 Å². The third-order valence-corrected chi connectivity index (χ3v) is 2.35. The van der Waals surface area contributed by atoms with Crippen molar-refractivity contribution in [2.24, 2.45) is 11.8 Å². The molecule has 3 atom stereocenters. The van der Waals surface area contributed by atoms with Crippen LogP contribution in [-0.4, -0.2) is 17.2 Å². The van der Waals surface area contributed by atoms with E-state index in [2.05, 4.69) is 0 Å². The SMILES string of the molecule is O=C(O)C1CC1C1CC=CO1. The van der Waals surface area contributed by atoms with E-state index in [0.717, 1.165) is 12.8 Å². The van der Waals surface area contributed by atoms with Gasteiger partial charge in [-0.2, -0.15) is 0 Å². The molecule has 0 saturated heterocycles. The van der Waals surface area contributed by atoms with Crippen LogP contribution in [0.1, 0.15) is 12.8 Å². The van der Waals surface area contributed by atoms with Gasteiger partial charge >= 0.3 is 5.97 Å². The first-order valence-corrected chi connectivity index (χ1v) is 3.82. The molecular formula is C8H10O3. The monoisotopic (exact) mass is 154 g/mol. The molecule has 0 aromatic heterocycles. The van der Waals surface area contributed by atoms with Crippen LogP contribution in [0.25, 0.3) is 0 Å². The van der Waals surface area contributed by atoms with E-state index in [4.69, 9.17) is 9.84 Å². The van der Waals surface area contributed by atoms with E-state index in [1.54, 1.807) is 6.26 Å². The molecule has 1 aliphatic heterocycles. The average Bonchev–Trinajstić information content (AvgIpc) is 2.60. The normalized spacial score (nSPS) is 40.2. The van der Waals surface area contributed by atoms with E-state index in [-0.39, 0.29) is 17.9 Å². The Kier molecular flexibility index (Phi) is 1.37. The Morgan fingerprint density at radius 2 is 2.45 bits per heavy atom. The highest BCUT2D eigenvalue weighted by Gasteiger charge is 2.49. The molecule has 0 radical (unpaired) electrons. The van der Waals surface area contributed by atoms with Gasteiger partial charge in [-0.1, -0.05) is 0 Å². The second-order valence-electron chi connectivity index (χ2n) is 3.13. The van der Waals surface area contributed by atoms with Gasteiger partial charge in [-0.05, 0) is 12.5 Å². The van der Waals surface area contributed by atoms with Gasteiger partial charge in [-0.3, -0.25) is 4.79 Å². The first-order valence-electron chi connectivity index (χ1n) is 3.82. The predicted octanol–water partition coefficient (Wildman–Crippen LogP) is 1.01. The van der Waals surface area contributed by atoms with Gasteiger partial charge in [0.25, 0.3) is 0 Å². The van der Waals surface area contributed by atoms with Crippen molar-refractivity contribution in [2.75, 3.05) is 0 Å². The Bertz CT molecular complexity index is 201. The van der Waals surface area contributed by atoms with Crippen molar-refractivity contribution < 1.29 is 14.6 Å². The van der Waals surface area contributed by atoms with Crippen molar-refractivity contribution in [3.05, 3.63) is 12.3 Å². The number of hydrogen-bond acceptors (Lipinski definition) is 2. The summed E-state index contributed by atoms with van der Waals surface area (Å²) in [6.45, 7) is 0. The fraction of sp³-hybridized carbons (Fsp3) is 0.625. The zero-order chi connectivity index (χ0) is 7.84. The molecule has 2 aliphatic rings. The zero-order valence-corrected chi connectivity index (χ0v) is 6.06. The van der Waals surface area contributed by atoms with Crippen LogP contribution >= 0.6 is 0 Å². The van der Waals surface area contributed by atoms with Crippen molar-refractivity contribution in [1.29, 1.82) is 0 Å². The minimum absolute atomic E-state index is 0.139. The van der Waals surface area contributed by atoms with Crippen LogP contribution in [0.15, 0.2) is 12.3 Å². The number of hydrogen-bond donors (Lipinski definition) is 1. The Labute approximate surface area is 64.7 Å². The lowest BCUT2D eigenvalue weighted by Gasteiger charge is -2.07. The number of rotatable bonds is 2. The molecule has 1 N–H and O–H groups in total. The predicted molar refractivity (Wildman–Crippen MR) is 37.9 cm³/mol. The van der Waals surface area contributed by atoms with E-state index in [1.165, 1.54) is 0 Å². The molecule has 1 fully saturated rings. The average molecular weight is 154 g/mol. The third-order valence-electron chi connectivity index (χ3n) is 2.35. The first kappa shape index (κ1) is 6.70. The van der Waals surface area contributed by atoms with Gasteiger partial charge in [0.15, 0.2) is 0 Å². The highest BCUT2D eigenvalue weighted by molar-refractivity contribution is 5.73. The van der Waals surface area contributed by atoms with Gasteiger partial charge < -0.3 is 9.84 Å². The third kappa shape index (κ3) is 1.11. The summed E-state index contributed by atoms with van der Waals surface area (Å²) >= 11 is 0. The molecular weight excluding hydrogens is 144 g/mol. The summed E-state index contributed by atoms with van der Waals surface area (Å²) in [7, 11) is 0. The van der Waals surface area contributed by atoms with Crippen molar-refractivity contribution in [3.63, 3.8) is 0 Å². The van der Waals surface area contributed by atoms with E-state index in [1.807, 2.05) is 6.08 Å². The summed E-state index contributed by atoms with van der Waals surface area (Å²) in [6, 6.07) is 0. The van der Waals surface area contributed by atoms with Crippen LogP contribution in [0.4, 0.5) is 0 Å². The molecule has 60 valence electrons. The molecule has 3 unspecified atom stereocenters. The van der Waals surface area contributed by atoms with Crippen LogP contribution in [0.5, 0.6) is 0 Å². The first-order chi connectivity index (χ1) is 5.29. The van der Waals surface area contributed by atoms with Crippen molar-refractivity contribution >= 4 is 5.97 Å². The summed E-state index contributed by atoms with van der Waals surface area (Å²) in [6.07, 6.45) is 5.44. The quantitative estimate of drug-likeness (QED) is 0.645. The van der Waals surface area contributed by atoms with Crippen LogP contribution in [0.2, 0.25) is 0 Å². The summed E-state index contributed by atoms with van der Waals surface area (Å²) in [5.74, 6) is -0.548. The van der Waals surface area contributed by atoms with Crippen LogP contribution in [0.3, 0.4) is 0 Å². The largest absolute Gasteiger partial charge is 0.498 e. The Morgan fingerprint density at radius 3 is 2.91 bits per heavy atom. The Balaban J connectivity index is 1.87. The molecule has 1 saturated carbocycles. The summed E-state index contributed by atoms with van der Waals surface area (Å²) in [5.41, 5.74) is 0. The second kappa shape index (κ2) is 2.26. The molecule has 11 heavy (non-hydrogen) atoms. The van der Waals surface area contributed by atoms with Crippen LogP contribution in [-0.2, 0) is 9.53 Å². The van der Waals surface area contributed by atoms with Crippen molar-refractivity contribution in [1.82, 2.24) is 0 Å². The molecule has 1 aliphatic carbocycles. The zero-order valence-electron chi connectivity index (χ0n) is 6.06. The molecule has 1 heterocycles. The molecule has 0 amide bonds. The fourth-order valence-electron chi connectivity index (χ4n) is 1.59. The van der Waals surface area contributed by atoms with Gasteiger partial charge in [0, 0.05) is 12.3 Å². The van der Waals surface area contributed by atoms with E-state index < -0.39 is 5.97 Å². The lowest BCUT2D eigenvalue weighted by atomic mass is 10.1. The maximum atomic E-state index is 10.5. The van der Waals surface area contributed by atoms with E-state index >= 15 is 0 Å². The van der Waals surface area contributed by atoms with Crippen molar-refractivity contribution in [3.8, 4) is 0 Å². The summed E-state index contributed by atoms with van der Waals surface area (Å²) < 4.78 is 5.21. The number of carboxylic acid groups (broad SMARTS) is 1. The molecule has 0 bridgehead atoms. The van der Waals surface area contributed by atoms with Gasteiger partial charge in [0.1, 0.15) is 6.10 Å². The maximum absolute atomic E-state index is 10.5. The minimum atomic E-state index is -0.675. The van der Waals surface area contributed by atoms with Crippen molar-refractivity contribution in [2.45, 2.75) is 18.9 Å². The number of aliphatic carboxylic acids is 1. The summed E-state index contributed by atoms with van der Waals surface area (Å²) in [4.78, 5) is 10.5. The van der Waals surface area contributed by atoms with E-state index in [0.29, 0.717) is 0 Å². The standard InChI is InChI=1S/C8H10O3/c9-8(10)6-4-5(6)7-2-1-3-11-7/h1,3,5-7H,2,4H2,(H,9,10). The van der Waals surface area contributed by atoms with Crippen LogP contribution in [0, 0.1) is 11.8 Å². The number of carboxylic acids is 1. The lowest BCUT2D eigenvalue weighted by Crippen LogP contribution is -2.12.